The first kappa shape index (κ1) is 19.2. The standard InChI is InChI=1S/C20H23ClN4O2/c1-13-5-6-14(21)9-16(13)25-20-15-10-19(27-8-4-3-7-22)18(26-2)11-17(15)23-12-24-20/h5-6,9-12H,3-4,7-8,22H2,1-2H3,(H,23,24,25). The molecule has 6 nitrogen and oxygen atoms in total. The van der Waals surface area contributed by atoms with Gasteiger partial charge in [0.2, 0.25) is 0 Å². The number of aromatic nitrogens is 2. The summed E-state index contributed by atoms with van der Waals surface area (Å²) in [7, 11) is 1.61. The predicted octanol–water partition coefficient (Wildman–Crippen LogP) is 4.46. The molecule has 0 saturated heterocycles. The summed E-state index contributed by atoms with van der Waals surface area (Å²) in [6.07, 6.45) is 3.32. The molecule has 27 heavy (non-hydrogen) atoms. The number of nitrogens with one attached hydrogen (secondary N) is 1. The lowest BCUT2D eigenvalue weighted by atomic mass is 10.1. The summed E-state index contributed by atoms with van der Waals surface area (Å²) < 4.78 is 11.4. The number of halogens is 1. The van der Waals surface area contributed by atoms with E-state index in [2.05, 4.69) is 15.3 Å². The van der Waals surface area contributed by atoms with E-state index in [1.165, 1.54) is 6.33 Å². The minimum Gasteiger partial charge on any atom is -0.493 e. The van der Waals surface area contributed by atoms with Crippen molar-refractivity contribution in [3.63, 3.8) is 0 Å². The number of aryl methyl sites for hydroxylation is 1. The quantitative estimate of drug-likeness (QED) is 0.556. The third-order valence-corrected chi connectivity index (χ3v) is 4.46. The lowest BCUT2D eigenvalue weighted by Gasteiger charge is -2.14. The van der Waals surface area contributed by atoms with Gasteiger partial charge in [0, 0.05) is 22.2 Å². The average molecular weight is 387 g/mol. The van der Waals surface area contributed by atoms with Crippen LogP contribution in [0.15, 0.2) is 36.7 Å². The Balaban J connectivity index is 1.96. The second-order valence-electron chi connectivity index (χ2n) is 6.17. The fourth-order valence-corrected chi connectivity index (χ4v) is 2.89. The van der Waals surface area contributed by atoms with Crippen LogP contribution in [-0.2, 0) is 0 Å². The van der Waals surface area contributed by atoms with E-state index in [1.54, 1.807) is 7.11 Å². The SMILES string of the molecule is COc1cc2ncnc(Nc3cc(Cl)ccc3C)c2cc1OCCCCN. The Hall–Kier alpha value is -2.57. The molecule has 142 valence electrons. The van der Waals surface area contributed by atoms with Crippen molar-refractivity contribution in [3.8, 4) is 11.5 Å². The van der Waals surface area contributed by atoms with Crippen LogP contribution >= 0.6 is 11.6 Å². The van der Waals surface area contributed by atoms with Gasteiger partial charge in [0.1, 0.15) is 12.1 Å². The molecule has 1 aromatic heterocycles. The molecule has 3 N–H and O–H groups in total. The molecule has 0 fully saturated rings. The summed E-state index contributed by atoms with van der Waals surface area (Å²) in [6.45, 7) is 3.24. The summed E-state index contributed by atoms with van der Waals surface area (Å²) in [4.78, 5) is 8.75. The maximum Gasteiger partial charge on any atom is 0.162 e. The Morgan fingerprint density at radius 2 is 1.96 bits per heavy atom. The third-order valence-electron chi connectivity index (χ3n) is 4.23. The summed E-state index contributed by atoms with van der Waals surface area (Å²) in [6, 6.07) is 9.45. The van der Waals surface area contributed by atoms with E-state index in [4.69, 9.17) is 26.8 Å². The highest BCUT2D eigenvalue weighted by atomic mass is 35.5. The molecule has 0 amide bonds. The fraction of sp³-hybridized carbons (Fsp3) is 0.300. The summed E-state index contributed by atoms with van der Waals surface area (Å²) >= 11 is 6.13. The number of methoxy groups -OCH3 is 1. The Bertz CT molecular complexity index is 933. The van der Waals surface area contributed by atoms with E-state index in [1.807, 2.05) is 37.3 Å². The van der Waals surface area contributed by atoms with E-state index in [-0.39, 0.29) is 0 Å². The van der Waals surface area contributed by atoms with Crippen LogP contribution in [0.4, 0.5) is 11.5 Å². The van der Waals surface area contributed by atoms with Gasteiger partial charge >= 0.3 is 0 Å². The van der Waals surface area contributed by atoms with Gasteiger partial charge in [-0.2, -0.15) is 0 Å². The van der Waals surface area contributed by atoms with Crippen LogP contribution in [0.2, 0.25) is 5.02 Å². The molecule has 0 unspecified atom stereocenters. The van der Waals surface area contributed by atoms with Crippen LogP contribution in [0.3, 0.4) is 0 Å². The van der Waals surface area contributed by atoms with Gasteiger partial charge in [-0.05, 0) is 50.1 Å². The Kier molecular flexibility index (Phi) is 6.32. The molecule has 2 aromatic carbocycles. The van der Waals surface area contributed by atoms with Gasteiger partial charge in [-0.1, -0.05) is 17.7 Å². The second-order valence-corrected chi connectivity index (χ2v) is 6.61. The van der Waals surface area contributed by atoms with Crippen LogP contribution in [0, 0.1) is 6.92 Å². The van der Waals surface area contributed by atoms with Gasteiger partial charge < -0.3 is 20.5 Å². The first-order chi connectivity index (χ1) is 13.1. The molecule has 7 heteroatoms. The normalized spacial score (nSPS) is 10.8. The summed E-state index contributed by atoms with van der Waals surface area (Å²) in [5.74, 6) is 1.97. The highest BCUT2D eigenvalue weighted by Gasteiger charge is 2.12. The number of rotatable bonds is 8. The van der Waals surface area contributed by atoms with Crippen LogP contribution in [0.1, 0.15) is 18.4 Å². The highest BCUT2D eigenvalue weighted by Crippen LogP contribution is 2.35. The first-order valence-corrected chi connectivity index (χ1v) is 9.19. The van der Waals surface area contributed by atoms with Gasteiger partial charge in [-0.15, -0.1) is 0 Å². The molecule has 0 radical (unpaired) electrons. The average Bonchev–Trinajstić information content (AvgIpc) is 2.68. The van der Waals surface area contributed by atoms with Crippen molar-refractivity contribution in [3.05, 3.63) is 47.2 Å². The number of hydrogen-bond donors (Lipinski definition) is 2. The van der Waals surface area contributed by atoms with Crippen molar-refractivity contribution in [1.82, 2.24) is 9.97 Å². The maximum atomic E-state index is 6.13. The molecule has 3 aromatic rings. The second kappa shape index (κ2) is 8.88. The molecule has 0 saturated carbocycles. The van der Waals surface area contributed by atoms with Crippen LogP contribution in [-0.4, -0.2) is 30.2 Å². The smallest absolute Gasteiger partial charge is 0.162 e. The van der Waals surface area contributed by atoms with Gasteiger partial charge in [0.15, 0.2) is 11.5 Å². The van der Waals surface area contributed by atoms with E-state index >= 15 is 0 Å². The lowest BCUT2D eigenvalue weighted by molar-refractivity contribution is 0.287. The topological polar surface area (TPSA) is 82.3 Å². The third kappa shape index (κ3) is 4.59. The molecule has 0 aliphatic heterocycles. The van der Waals surface area contributed by atoms with Gasteiger partial charge in [-0.25, -0.2) is 9.97 Å². The zero-order chi connectivity index (χ0) is 19.2. The molecule has 3 rings (SSSR count). The largest absolute Gasteiger partial charge is 0.493 e. The van der Waals surface area contributed by atoms with Crippen molar-refractivity contribution in [2.75, 3.05) is 25.6 Å². The van der Waals surface area contributed by atoms with Crippen molar-refractivity contribution in [2.24, 2.45) is 5.73 Å². The van der Waals surface area contributed by atoms with E-state index in [9.17, 15) is 0 Å². The maximum absolute atomic E-state index is 6.13. The van der Waals surface area contributed by atoms with E-state index < -0.39 is 0 Å². The van der Waals surface area contributed by atoms with Crippen LogP contribution < -0.4 is 20.5 Å². The van der Waals surface area contributed by atoms with Crippen molar-refractivity contribution in [2.45, 2.75) is 19.8 Å². The zero-order valence-corrected chi connectivity index (χ0v) is 16.2. The van der Waals surface area contributed by atoms with Crippen LogP contribution in [0.25, 0.3) is 10.9 Å². The lowest BCUT2D eigenvalue weighted by Crippen LogP contribution is -2.04. The predicted molar refractivity (Wildman–Crippen MR) is 109 cm³/mol. The molecule has 0 spiro atoms. The van der Waals surface area contributed by atoms with E-state index in [0.717, 1.165) is 35.0 Å². The molecule has 0 aliphatic rings. The van der Waals surface area contributed by atoms with Gasteiger partial charge in [0.25, 0.3) is 0 Å². The molecular formula is C20H23ClN4O2. The number of unbranched alkanes of at least 4 members (excludes halogenated alkanes) is 1. The fourth-order valence-electron chi connectivity index (χ4n) is 2.72. The van der Waals surface area contributed by atoms with Crippen molar-refractivity contribution in [1.29, 1.82) is 0 Å². The van der Waals surface area contributed by atoms with Crippen molar-refractivity contribution < 1.29 is 9.47 Å². The number of nitrogens with two attached hydrogens (primary N) is 1. The zero-order valence-electron chi connectivity index (χ0n) is 15.5. The Morgan fingerprint density at radius 1 is 1.11 bits per heavy atom. The number of fused-ring (bicyclic) bond motifs is 1. The molecule has 0 atom stereocenters. The molecular weight excluding hydrogens is 364 g/mol. The first-order valence-electron chi connectivity index (χ1n) is 8.81. The minimum absolute atomic E-state index is 0.572. The molecule has 0 aliphatic carbocycles. The van der Waals surface area contributed by atoms with Gasteiger partial charge in [0.05, 0.1) is 19.2 Å². The number of ether oxygens (including phenoxy) is 2. The Morgan fingerprint density at radius 3 is 2.74 bits per heavy atom. The summed E-state index contributed by atoms with van der Waals surface area (Å²) in [5.41, 5.74) is 8.26. The summed E-state index contributed by atoms with van der Waals surface area (Å²) in [5, 5.41) is 4.85. The van der Waals surface area contributed by atoms with Crippen LogP contribution in [0.5, 0.6) is 11.5 Å². The number of nitrogens with zero attached hydrogens (tertiary/aromatic N) is 2. The number of hydrogen-bond acceptors (Lipinski definition) is 6. The number of anilines is 2. The molecule has 0 bridgehead atoms. The van der Waals surface area contributed by atoms with Gasteiger partial charge in [-0.3, -0.25) is 0 Å². The monoisotopic (exact) mass is 386 g/mol. The van der Waals surface area contributed by atoms with Crippen molar-refractivity contribution >= 4 is 34.0 Å². The highest BCUT2D eigenvalue weighted by molar-refractivity contribution is 6.30. The Labute approximate surface area is 163 Å². The minimum atomic E-state index is 0.572. The van der Waals surface area contributed by atoms with E-state index in [0.29, 0.717) is 35.5 Å². The molecule has 1 heterocycles. The number of benzene rings is 2.